The summed E-state index contributed by atoms with van der Waals surface area (Å²) in [5, 5.41) is 13.1. The Morgan fingerprint density at radius 3 is 2.53 bits per heavy atom. The van der Waals surface area contributed by atoms with Crippen molar-refractivity contribution >= 4 is 39.4 Å². The fraction of sp³-hybridized carbons (Fsp3) is 0.0769. The highest BCUT2D eigenvalue weighted by molar-refractivity contribution is 7.19. The molecule has 1 aromatic heterocycles. The molecule has 0 unspecified atom stereocenters. The molecule has 0 radical (unpaired) electrons. The van der Waals surface area contributed by atoms with E-state index in [9.17, 15) is 4.79 Å². The zero-order chi connectivity index (χ0) is 14.0. The molecule has 0 spiro atoms. The number of nitrogens with zero attached hydrogens (tertiary/aromatic N) is 1. The maximum absolute atomic E-state index is 12.3. The van der Waals surface area contributed by atoms with Crippen LogP contribution in [0.15, 0.2) is 24.3 Å². The van der Waals surface area contributed by atoms with E-state index in [0.29, 0.717) is 26.0 Å². The molecule has 19 heavy (non-hydrogen) atoms. The minimum absolute atomic E-state index is 0.211. The van der Waals surface area contributed by atoms with Crippen molar-refractivity contribution in [1.82, 2.24) is 0 Å². The largest absolute Gasteiger partial charge is 0.396 e. The fourth-order valence-electron chi connectivity index (χ4n) is 1.63. The molecular weight excluding hydrogens is 282 g/mol. The Morgan fingerprint density at radius 2 is 2.05 bits per heavy atom. The summed E-state index contributed by atoms with van der Waals surface area (Å²) in [6, 6.07) is 8.55. The second-order valence-electron chi connectivity index (χ2n) is 3.75. The number of nitrogen functional groups attached to an aromatic ring is 1. The van der Waals surface area contributed by atoms with E-state index in [4.69, 9.17) is 22.6 Å². The zero-order valence-electron chi connectivity index (χ0n) is 10.0. The first-order valence-electron chi connectivity index (χ1n) is 5.39. The molecule has 0 saturated heterocycles. The highest BCUT2D eigenvalue weighted by Gasteiger charge is 2.21. The van der Waals surface area contributed by atoms with Crippen LogP contribution >= 0.6 is 22.9 Å². The van der Waals surface area contributed by atoms with Gasteiger partial charge in [0.25, 0.3) is 0 Å². The molecule has 6 heteroatoms. The molecule has 4 nitrogen and oxygen atoms in total. The number of nitrogens with two attached hydrogens (primary N) is 1. The molecule has 0 fully saturated rings. The van der Waals surface area contributed by atoms with Crippen molar-refractivity contribution in [2.24, 2.45) is 0 Å². The van der Waals surface area contributed by atoms with Gasteiger partial charge in [-0.2, -0.15) is 5.26 Å². The van der Waals surface area contributed by atoms with E-state index in [0.717, 1.165) is 0 Å². The van der Waals surface area contributed by atoms with Crippen LogP contribution in [0.4, 0.5) is 10.7 Å². The third kappa shape index (κ3) is 2.41. The van der Waals surface area contributed by atoms with Gasteiger partial charge in [-0.15, -0.1) is 11.3 Å². The number of nitriles is 1. The van der Waals surface area contributed by atoms with Crippen molar-refractivity contribution in [3.05, 3.63) is 45.3 Å². The van der Waals surface area contributed by atoms with Crippen LogP contribution in [0.3, 0.4) is 0 Å². The number of ketones is 1. The van der Waals surface area contributed by atoms with Gasteiger partial charge in [-0.05, 0) is 24.3 Å². The second kappa shape index (κ2) is 5.31. The van der Waals surface area contributed by atoms with Crippen molar-refractivity contribution in [3.63, 3.8) is 0 Å². The SMILES string of the molecule is CNc1sc(C(=O)c2ccc(Cl)cc2)c(N)c1C#N. The van der Waals surface area contributed by atoms with Crippen LogP contribution in [-0.4, -0.2) is 12.8 Å². The fourth-order valence-corrected chi connectivity index (χ4v) is 2.74. The molecule has 0 aliphatic carbocycles. The lowest BCUT2D eigenvalue weighted by Gasteiger charge is -1.99. The number of carbonyl (C=O) groups excluding carboxylic acids is 1. The standard InChI is InChI=1S/C13H10ClN3OS/c1-17-13-9(6-15)10(16)12(19-13)11(18)7-2-4-8(14)5-3-7/h2-5,17H,16H2,1H3. The molecule has 0 saturated carbocycles. The van der Waals surface area contributed by atoms with Crippen molar-refractivity contribution in [1.29, 1.82) is 5.26 Å². The number of anilines is 2. The molecule has 3 N–H and O–H groups in total. The van der Waals surface area contributed by atoms with Crippen LogP contribution in [0.2, 0.25) is 5.02 Å². The maximum atomic E-state index is 12.3. The van der Waals surface area contributed by atoms with Gasteiger partial charge in [0, 0.05) is 17.6 Å². The molecule has 1 heterocycles. The van der Waals surface area contributed by atoms with Gasteiger partial charge in [0.1, 0.15) is 21.5 Å². The quantitative estimate of drug-likeness (QED) is 0.852. The Bertz CT molecular complexity index is 670. The van der Waals surface area contributed by atoms with E-state index in [1.54, 1.807) is 31.3 Å². The molecule has 96 valence electrons. The Kier molecular flexibility index (Phi) is 3.74. The second-order valence-corrected chi connectivity index (χ2v) is 5.20. The normalized spacial score (nSPS) is 9.95. The van der Waals surface area contributed by atoms with Gasteiger partial charge in [0.2, 0.25) is 5.78 Å². The maximum Gasteiger partial charge on any atom is 0.205 e. The monoisotopic (exact) mass is 291 g/mol. The lowest BCUT2D eigenvalue weighted by atomic mass is 10.1. The molecule has 0 atom stereocenters. The molecule has 0 aliphatic heterocycles. The Hall–Kier alpha value is -2.03. The molecule has 2 aromatic rings. The van der Waals surface area contributed by atoms with E-state index in [1.165, 1.54) is 11.3 Å². The molecule has 0 aliphatic rings. The number of benzene rings is 1. The van der Waals surface area contributed by atoms with E-state index in [1.807, 2.05) is 6.07 Å². The first kappa shape index (κ1) is 13.4. The van der Waals surface area contributed by atoms with Crippen LogP contribution in [0.25, 0.3) is 0 Å². The van der Waals surface area contributed by atoms with E-state index < -0.39 is 0 Å². The van der Waals surface area contributed by atoms with Gasteiger partial charge < -0.3 is 11.1 Å². The van der Waals surface area contributed by atoms with Crippen molar-refractivity contribution in [3.8, 4) is 6.07 Å². The van der Waals surface area contributed by atoms with Crippen LogP contribution in [0.1, 0.15) is 20.8 Å². The number of hydrogen-bond acceptors (Lipinski definition) is 5. The Balaban J connectivity index is 2.48. The molecule has 0 amide bonds. The van der Waals surface area contributed by atoms with E-state index >= 15 is 0 Å². The van der Waals surface area contributed by atoms with Crippen LogP contribution < -0.4 is 11.1 Å². The van der Waals surface area contributed by atoms with Gasteiger partial charge >= 0.3 is 0 Å². The number of thiophene rings is 1. The van der Waals surface area contributed by atoms with Crippen molar-refractivity contribution in [2.45, 2.75) is 0 Å². The number of nitrogens with one attached hydrogen (secondary N) is 1. The zero-order valence-corrected chi connectivity index (χ0v) is 11.6. The molecule has 0 bridgehead atoms. The van der Waals surface area contributed by atoms with Gasteiger partial charge in [-0.3, -0.25) is 4.79 Å². The van der Waals surface area contributed by atoms with Crippen LogP contribution in [0, 0.1) is 11.3 Å². The molecular formula is C13H10ClN3OS. The van der Waals surface area contributed by atoms with Crippen molar-refractivity contribution in [2.75, 3.05) is 18.1 Å². The number of hydrogen-bond donors (Lipinski definition) is 2. The average Bonchev–Trinajstić information content (AvgIpc) is 2.75. The van der Waals surface area contributed by atoms with Crippen molar-refractivity contribution < 1.29 is 4.79 Å². The molecule has 1 aromatic carbocycles. The van der Waals surface area contributed by atoms with Gasteiger partial charge in [0.05, 0.1) is 5.69 Å². The van der Waals surface area contributed by atoms with Crippen LogP contribution in [0.5, 0.6) is 0 Å². The summed E-state index contributed by atoms with van der Waals surface area (Å²) >= 11 is 6.96. The third-order valence-electron chi connectivity index (χ3n) is 2.60. The summed E-state index contributed by atoms with van der Waals surface area (Å²) in [7, 11) is 1.68. The van der Waals surface area contributed by atoms with Gasteiger partial charge in [-0.25, -0.2) is 0 Å². The number of rotatable bonds is 3. The number of halogens is 1. The number of carbonyl (C=O) groups is 1. The van der Waals surface area contributed by atoms with E-state index in [-0.39, 0.29) is 11.5 Å². The first-order chi connectivity index (χ1) is 9.08. The molecule has 2 rings (SSSR count). The highest BCUT2D eigenvalue weighted by Crippen LogP contribution is 2.36. The summed E-state index contributed by atoms with van der Waals surface area (Å²) in [6.45, 7) is 0. The Morgan fingerprint density at radius 1 is 1.42 bits per heavy atom. The topological polar surface area (TPSA) is 78.9 Å². The third-order valence-corrected chi connectivity index (χ3v) is 4.07. The summed E-state index contributed by atoms with van der Waals surface area (Å²) in [5.41, 5.74) is 6.88. The summed E-state index contributed by atoms with van der Waals surface area (Å²) in [5.74, 6) is -0.211. The Labute approximate surface area is 119 Å². The average molecular weight is 292 g/mol. The predicted molar refractivity (Wildman–Crippen MR) is 77.9 cm³/mol. The summed E-state index contributed by atoms with van der Waals surface area (Å²) in [6.07, 6.45) is 0. The van der Waals surface area contributed by atoms with Gasteiger partial charge in [-0.1, -0.05) is 11.6 Å². The lowest BCUT2D eigenvalue weighted by Crippen LogP contribution is -2.02. The highest BCUT2D eigenvalue weighted by atomic mass is 35.5. The minimum Gasteiger partial charge on any atom is -0.396 e. The summed E-state index contributed by atoms with van der Waals surface area (Å²) < 4.78 is 0. The van der Waals surface area contributed by atoms with E-state index in [2.05, 4.69) is 5.32 Å². The first-order valence-corrected chi connectivity index (χ1v) is 6.58. The predicted octanol–water partition coefficient (Wildman–Crippen LogP) is 3.13. The van der Waals surface area contributed by atoms with Crippen LogP contribution in [-0.2, 0) is 0 Å². The lowest BCUT2D eigenvalue weighted by molar-refractivity contribution is 0.104. The van der Waals surface area contributed by atoms with Gasteiger partial charge in [0.15, 0.2) is 0 Å². The smallest absolute Gasteiger partial charge is 0.205 e. The minimum atomic E-state index is -0.211. The summed E-state index contributed by atoms with van der Waals surface area (Å²) in [4.78, 5) is 12.7.